The van der Waals surface area contributed by atoms with E-state index in [-0.39, 0.29) is 5.54 Å². The van der Waals surface area contributed by atoms with Crippen LogP contribution in [0.5, 0.6) is 0 Å². The lowest BCUT2D eigenvalue weighted by atomic mass is 9.91. The highest BCUT2D eigenvalue weighted by molar-refractivity contribution is 5.14. The lowest BCUT2D eigenvalue weighted by Gasteiger charge is -2.25. The molecule has 0 aliphatic carbocycles. The summed E-state index contributed by atoms with van der Waals surface area (Å²) >= 11 is 0. The minimum Gasteiger partial charge on any atom is -0.467 e. The maximum atomic E-state index is 5.45. The third-order valence-electron chi connectivity index (χ3n) is 2.84. The van der Waals surface area contributed by atoms with Crippen molar-refractivity contribution < 1.29 is 4.42 Å². The molecular weight excluding hydrogens is 150 g/mol. The Bertz CT molecular complexity index is 234. The van der Waals surface area contributed by atoms with Crippen molar-refractivity contribution in [3.8, 4) is 0 Å². The number of rotatable bonds is 2. The second kappa shape index (κ2) is 2.94. The Labute approximate surface area is 73.0 Å². The SMILES string of the molecule is CCC1(c2ccco2)CCCN1. The molecule has 1 atom stereocenters. The van der Waals surface area contributed by atoms with Crippen molar-refractivity contribution in [3.63, 3.8) is 0 Å². The van der Waals surface area contributed by atoms with Crippen LogP contribution in [0.1, 0.15) is 31.9 Å². The van der Waals surface area contributed by atoms with Crippen LogP contribution in [-0.4, -0.2) is 6.54 Å². The van der Waals surface area contributed by atoms with Gasteiger partial charge in [-0.3, -0.25) is 0 Å². The van der Waals surface area contributed by atoms with E-state index in [4.69, 9.17) is 4.42 Å². The van der Waals surface area contributed by atoms with E-state index in [2.05, 4.69) is 18.3 Å². The largest absolute Gasteiger partial charge is 0.467 e. The third kappa shape index (κ3) is 1.07. The van der Waals surface area contributed by atoms with E-state index in [0.717, 1.165) is 18.7 Å². The van der Waals surface area contributed by atoms with Gasteiger partial charge >= 0.3 is 0 Å². The van der Waals surface area contributed by atoms with Crippen LogP contribution in [0.2, 0.25) is 0 Å². The van der Waals surface area contributed by atoms with Gasteiger partial charge in [-0.05, 0) is 37.9 Å². The Morgan fingerprint density at radius 3 is 3.08 bits per heavy atom. The predicted octanol–water partition coefficient (Wildman–Crippen LogP) is 2.27. The van der Waals surface area contributed by atoms with Gasteiger partial charge in [0, 0.05) is 0 Å². The van der Waals surface area contributed by atoms with Gasteiger partial charge in [0.2, 0.25) is 0 Å². The fraction of sp³-hybridized carbons (Fsp3) is 0.600. The van der Waals surface area contributed by atoms with Gasteiger partial charge in [0.15, 0.2) is 0 Å². The average Bonchev–Trinajstić information content (AvgIpc) is 2.76. The van der Waals surface area contributed by atoms with E-state index in [1.54, 1.807) is 6.26 Å². The van der Waals surface area contributed by atoms with Crippen LogP contribution in [0.4, 0.5) is 0 Å². The van der Waals surface area contributed by atoms with Crippen molar-refractivity contribution in [2.24, 2.45) is 0 Å². The molecule has 12 heavy (non-hydrogen) atoms. The minimum absolute atomic E-state index is 0.142. The zero-order valence-electron chi connectivity index (χ0n) is 7.47. The summed E-state index contributed by atoms with van der Waals surface area (Å²) in [5.74, 6) is 1.10. The zero-order chi connectivity index (χ0) is 8.44. The van der Waals surface area contributed by atoms with Crippen LogP contribution < -0.4 is 5.32 Å². The standard InChI is InChI=1S/C10H15NO/c1-2-10(6-4-7-11-10)9-5-3-8-12-9/h3,5,8,11H,2,4,6-7H2,1H3. The predicted molar refractivity (Wildman–Crippen MR) is 47.9 cm³/mol. The summed E-state index contributed by atoms with van der Waals surface area (Å²) < 4.78 is 5.45. The summed E-state index contributed by atoms with van der Waals surface area (Å²) in [6, 6.07) is 4.04. The lowest BCUT2D eigenvalue weighted by molar-refractivity contribution is 0.297. The van der Waals surface area contributed by atoms with Crippen molar-refractivity contribution >= 4 is 0 Å². The quantitative estimate of drug-likeness (QED) is 0.727. The Balaban J connectivity index is 2.28. The minimum atomic E-state index is 0.142. The molecular formula is C10H15NO. The van der Waals surface area contributed by atoms with Crippen LogP contribution in [-0.2, 0) is 5.54 Å². The first kappa shape index (κ1) is 7.87. The lowest BCUT2D eigenvalue weighted by Crippen LogP contribution is -2.35. The molecule has 2 rings (SSSR count). The molecule has 0 amide bonds. The Hall–Kier alpha value is -0.760. The molecule has 1 unspecified atom stereocenters. The Kier molecular flexibility index (Phi) is 1.93. The van der Waals surface area contributed by atoms with Gasteiger partial charge in [-0.1, -0.05) is 6.92 Å². The molecule has 2 nitrogen and oxygen atoms in total. The summed E-state index contributed by atoms with van der Waals surface area (Å²) in [6.45, 7) is 3.33. The van der Waals surface area contributed by atoms with Crippen LogP contribution in [0.15, 0.2) is 22.8 Å². The fourth-order valence-corrected chi connectivity index (χ4v) is 2.04. The molecule has 1 fully saturated rings. The molecule has 0 saturated carbocycles. The number of furan rings is 1. The highest BCUT2D eigenvalue weighted by atomic mass is 16.3. The van der Waals surface area contributed by atoms with Gasteiger partial charge in [-0.15, -0.1) is 0 Å². The molecule has 1 saturated heterocycles. The first-order valence-electron chi connectivity index (χ1n) is 4.66. The molecule has 2 heteroatoms. The van der Waals surface area contributed by atoms with Crippen molar-refractivity contribution in [2.45, 2.75) is 31.7 Å². The second-order valence-electron chi connectivity index (χ2n) is 3.44. The highest BCUT2D eigenvalue weighted by Crippen LogP contribution is 2.33. The topological polar surface area (TPSA) is 25.2 Å². The van der Waals surface area contributed by atoms with E-state index < -0.39 is 0 Å². The molecule has 1 aliphatic rings. The maximum Gasteiger partial charge on any atom is 0.123 e. The second-order valence-corrected chi connectivity index (χ2v) is 3.44. The van der Waals surface area contributed by atoms with E-state index in [9.17, 15) is 0 Å². The van der Waals surface area contributed by atoms with Crippen LogP contribution in [0.3, 0.4) is 0 Å². The zero-order valence-corrected chi connectivity index (χ0v) is 7.47. The highest BCUT2D eigenvalue weighted by Gasteiger charge is 2.35. The van der Waals surface area contributed by atoms with E-state index in [1.807, 2.05) is 6.07 Å². The molecule has 0 aromatic carbocycles. The van der Waals surface area contributed by atoms with E-state index >= 15 is 0 Å². The molecule has 1 aromatic heterocycles. The molecule has 0 radical (unpaired) electrons. The molecule has 2 heterocycles. The van der Waals surface area contributed by atoms with Crippen molar-refractivity contribution in [3.05, 3.63) is 24.2 Å². The normalized spacial score (nSPS) is 29.4. The van der Waals surface area contributed by atoms with Gasteiger partial charge in [0.25, 0.3) is 0 Å². The molecule has 0 spiro atoms. The maximum absolute atomic E-state index is 5.45. The molecule has 1 N–H and O–H groups in total. The van der Waals surface area contributed by atoms with Crippen LogP contribution in [0, 0.1) is 0 Å². The molecule has 1 aliphatic heterocycles. The van der Waals surface area contributed by atoms with Crippen molar-refractivity contribution in [2.75, 3.05) is 6.54 Å². The number of hydrogen-bond acceptors (Lipinski definition) is 2. The number of hydrogen-bond donors (Lipinski definition) is 1. The molecule has 0 bridgehead atoms. The molecule has 1 aromatic rings. The first-order chi connectivity index (χ1) is 5.87. The summed E-state index contributed by atoms with van der Waals surface area (Å²) in [5.41, 5.74) is 0.142. The van der Waals surface area contributed by atoms with Crippen LogP contribution in [0.25, 0.3) is 0 Å². The third-order valence-corrected chi connectivity index (χ3v) is 2.84. The van der Waals surface area contributed by atoms with Gasteiger partial charge in [-0.2, -0.15) is 0 Å². The summed E-state index contributed by atoms with van der Waals surface area (Å²) in [6.07, 6.45) is 5.33. The molecule has 66 valence electrons. The fourth-order valence-electron chi connectivity index (χ4n) is 2.04. The van der Waals surface area contributed by atoms with Crippen molar-refractivity contribution in [1.29, 1.82) is 0 Å². The summed E-state index contributed by atoms with van der Waals surface area (Å²) in [5, 5.41) is 3.53. The number of nitrogens with one attached hydrogen (secondary N) is 1. The average molecular weight is 165 g/mol. The van der Waals surface area contributed by atoms with Gasteiger partial charge in [0.05, 0.1) is 11.8 Å². The summed E-state index contributed by atoms with van der Waals surface area (Å²) in [7, 11) is 0. The van der Waals surface area contributed by atoms with E-state index in [1.165, 1.54) is 12.8 Å². The van der Waals surface area contributed by atoms with Crippen LogP contribution >= 0.6 is 0 Å². The van der Waals surface area contributed by atoms with E-state index in [0.29, 0.717) is 0 Å². The van der Waals surface area contributed by atoms with Gasteiger partial charge < -0.3 is 9.73 Å². The van der Waals surface area contributed by atoms with Gasteiger partial charge in [0.1, 0.15) is 5.76 Å². The Morgan fingerprint density at radius 1 is 1.67 bits per heavy atom. The van der Waals surface area contributed by atoms with Crippen molar-refractivity contribution in [1.82, 2.24) is 5.32 Å². The first-order valence-corrected chi connectivity index (χ1v) is 4.66. The van der Waals surface area contributed by atoms with Gasteiger partial charge in [-0.25, -0.2) is 0 Å². The smallest absolute Gasteiger partial charge is 0.123 e. The summed E-state index contributed by atoms with van der Waals surface area (Å²) in [4.78, 5) is 0. The Morgan fingerprint density at radius 2 is 2.58 bits per heavy atom. The monoisotopic (exact) mass is 165 g/mol.